The van der Waals surface area contributed by atoms with Gasteiger partial charge >= 0.3 is 6.09 Å². The van der Waals surface area contributed by atoms with Crippen LogP contribution in [-0.2, 0) is 4.74 Å². The standard InChI is InChI=1S/C12H11ClN2O4/c13-7-3-4-10-8(6-7)15-11(19-10)9(16)2-1-5-18-12(14)17/h3-4,6H,1-2,5H2,(H2,14,17). The third kappa shape index (κ3) is 3.45. The van der Waals surface area contributed by atoms with Crippen LogP contribution in [0.1, 0.15) is 23.5 Å². The van der Waals surface area contributed by atoms with Crippen LogP contribution in [0.5, 0.6) is 0 Å². The number of benzene rings is 1. The molecular formula is C12H11ClN2O4. The molecule has 0 saturated heterocycles. The Bertz CT molecular complexity index is 623. The van der Waals surface area contributed by atoms with Crippen molar-refractivity contribution in [2.75, 3.05) is 6.61 Å². The summed E-state index contributed by atoms with van der Waals surface area (Å²) in [6, 6.07) is 4.93. The molecule has 1 heterocycles. The SMILES string of the molecule is NC(=O)OCCCC(=O)c1nc2cc(Cl)ccc2o1. The number of rotatable bonds is 5. The zero-order valence-corrected chi connectivity index (χ0v) is 10.6. The molecule has 0 atom stereocenters. The number of ether oxygens (including phenoxy) is 1. The number of fused-ring (bicyclic) bond motifs is 1. The minimum absolute atomic E-state index is 0.0244. The van der Waals surface area contributed by atoms with E-state index in [0.717, 1.165) is 0 Å². The van der Waals surface area contributed by atoms with Crippen molar-refractivity contribution < 1.29 is 18.7 Å². The van der Waals surface area contributed by atoms with Crippen molar-refractivity contribution in [2.45, 2.75) is 12.8 Å². The van der Waals surface area contributed by atoms with Crippen molar-refractivity contribution in [3.63, 3.8) is 0 Å². The third-order valence-electron chi connectivity index (χ3n) is 2.38. The van der Waals surface area contributed by atoms with Gasteiger partial charge in [-0.25, -0.2) is 9.78 Å². The van der Waals surface area contributed by atoms with Crippen LogP contribution >= 0.6 is 11.6 Å². The van der Waals surface area contributed by atoms with Crippen molar-refractivity contribution in [3.8, 4) is 0 Å². The Hall–Kier alpha value is -2.08. The molecule has 0 aliphatic carbocycles. The highest BCUT2D eigenvalue weighted by atomic mass is 35.5. The summed E-state index contributed by atoms with van der Waals surface area (Å²) < 4.78 is 9.83. The molecule has 0 radical (unpaired) electrons. The zero-order chi connectivity index (χ0) is 13.8. The maximum atomic E-state index is 11.8. The Morgan fingerprint density at radius 3 is 2.95 bits per heavy atom. The number of aromatic nitrogens is 1. The highest BCUT2D eigenvalue weighted by molar-refractivity contribution is 6.31. The highest BCUT2D eigenvalue weighted by Gasteiger charge is 2.14. The molecule has 100 valence electrons. The molecule has 0 saturated carbocycles. The van der Waals surface area contributed by atoms with Crippen LogP contribution in [0, 0.1) is 0 Å². The number of hydrogen-bond acceptors (Lipinski definition) is 5. The first-order chi connectivity index (χ1) is 9.06. The van der Waals surface area contributed by atoms with E-state index in [2.05, 4.69) is 9.72 Å². The minimum Gasteiger partial charge on any atom is -0.450 e. The molecule has 2 N–H and O–H groups in total. The summed E-state index contributed by atoms with van der Waals surface area (Å²) in [7, 11) is 0. The molecule has 1 aromatic carbocycles. The Kier molecular flexibility index (Phi) is 4.01. The van der Waals surface area contributed by atoms with Gasteiger partial charge in [0.05, 0.1) is 6.61 Å². The smallest absolute Gasteiger partial charge is 0.404 e. The van der Waals surface area contributed by atoms with Gasteiger partial charge in [-0.15, -0.1) is 0 Å². The van der Waals surface area contributed by atoms with E-state index in [9.17, 15) is 9.59 Å². The lowest BCUT2D eigenvalue weighted by Gasteiger charge is -1.98. The molecule has 0 aliphatic rings. The average Bonchev–Trinajstić information content (AvgIpc) is 2.77. The van der Waals surface area contributed by atoms with Crippen LogP contribution in [0.25, 0.3) is 11.1 Å². The summed E-state index contributed by atoms with van der Waals surface area (Å²) in [6.07, 6.45) is -0.335. The Morgan fingerprint density at radius 1 is 1.42 bits per heavy atom. The largest absolute Gasteiger partial charge is 0.450 e. The number of Topliss-reactive ketones (excluding diaryl/α,β-unsaturated/α-hetero) is 1. The van der Waals surface area contributed by atoms with Gasteiger partial charge in [-0.3, -0.25) is 4.79 Å². The Morgan fingerprint density at radius 2 is 2.21 bits per heavy atom. The molecule has 2 rings (SSSR count). The van der Waals surface area contributed by atoms with Crippen molar-refractivity contribution in [2.24, 2.45) is 5.73 Å². The van der Waals surface area contributed by atoms with Gasteiger partial charge in [-0.2, -0.15) is 0 Å². The first-order valence-electron chi connectivity index (χ1n) is 5.58. The number of amides is 1. The molecular weight excluding hydrogens is 272 g/mol. The Labute approximate surface area is 113 Å². The van der Waals surface area contributed by atoms with Crippen LogP contribution in [0.4, 0.5) is 4.79 Å². The predicted octanol–water partition coefficient (Wildman–Crippen LogP) is 2.54. The lowest BCUT2D eigenvalue weighted by molar-refractivity contribution is 0.0932. The molecule has 0 fully saturated rings. The maximum Gasteiger partial charge on any atom is 0.404 e. The molecule has 0 unspecified atom stereocenters. The summed E-state index contributed by atoms with van der Waals surface area (Å²) >= 11 is 5.81. The fraction of sp³-hybridized carbons (Fsp3) is 0.250. The van der Waals surface area contributed by atoms with Gasteiger partial charge < -0.3 is 14.9 Å². The number of nitrogens with zero attached hydrogens (tertiary/aromatic N) is 1. The lowest BCUT2D eigenvalue weighted by atomic mass is 10.2. The highest BCUT2D eigenvalue weighted by Crippen LogP contribution is 2.20. The lowest BCUT2D eigenvalue weighted by Crippen LogP contribution is -2.14. The fourth-order valence-electron chi connectivity index (χ4n) is 1.53. The number of primary amides is 1. The summed E-state index contributed by atoms with van der Waals surface area (Å²) in [5.74, 6) is -0.239. The second-order valence-corrected chi connectivity index (χ2v) is 4.26. The maximum absolute atomic E-state index is 11.8. The van der Waals surface area contributed by atoms with E-state index in [1.807, 2.05) is 0 Å². The van der Waals surface area contributed by atoms with E-state index >= 15 is 0 Å². The van der Waals surface area contributed by atoms with Crippen molar-refractivity contribution >= 4 is 34.6 Å². The number of hydrogen-bond donors (Lipinski definition) is 1. The van der Waals surface area contributed by atoms with Gasteiger partial charge in [0.25, 0.3) is 5.89 Å². The number of carbonyl (C=O) groups is 2. The van der Waals surface area contributed by atoms with E-state index in [1.54, 1.807) is 18.2 Å². The van der Waals surface area contributed by atoms with E-state index in [-0.39, 0.29) is 24.7 Å². The summed E-state index contributed by atoms with van der Waals surface area (Å²) in [6.45, 7) is 0.0904. The van der Waals surface area contributed by atoms with E-state index in [1.165, 1.54) is 0 Å². The third-order valence-corrected chi connectivity index (χ3v) is 2.62. The number of oxazole rings is 1. The van der Waals surface area contributed by atoms with Crippen LogP contribution in [0.2, 0.25) is 5.02 Å². The molecule has 6 nitrogen and oxygen atoms in total. The van der Waals surface area contributed by atoms with Gasteiger partial charge in [-0.1, -0.05) is 11.6 Å². The molecule has 1 aromatic heterocycles. The molecule has 2 aromatic rings. The number of nitrogens with two attached hydrogens (primary N) is 1. The minimum atomic E-state index is -0.857. The normalized spacial score (nSPS) is 10.6. The average molecular weight is 283 g/mol. The second-order valence-electron chi connectivity index (χ2n) is 3.83. The van der Waals surface area contributed by atoms with Gasteiger partial charge in [0.15, 0.2) is 5.58 Å². The molecule has 0 bridgehead atoms. The van der Waals surface area contributed by atoms with E-state index < -0.39 is 6.09 Å². The van der Waals surface area contributed by atoms with Gasteiger partial charge in [0.2, 0.25) is 5.78 Å². The number of halogens is 1. The van der Waals surface area contributed by atoms with Crippen LogP contribution in [0.15, 0.2) is 22.6 Å². The second kappa shape index (κ2) is 5.71. The van der Waals surface area contributed by atoms with Gasteiger partial charge in [0.1, 0.15) is 5.52 Å². The molecule has 0 aliphatic heterocycles. The van der Waals surface area contributed by atoms with E-state index in [4.69, 9.17) is 21.8 Å². The van der Waals surface area contributed by atoms with Crippen molar-refractivity contribution in [1.29, 1.82) is 0 Å². The molecule has 1 amide bonds. The predicted molar refractivity (Wildman–Crippen MR) is 68.1 cm³/mol. The van der Waals surface area contributed by atoms with Crippen molar-refractivity contribution in [3.05, 3.63) is 29.1 Å². The van der Waals surface area contributed by atoms with Crippen LogP contribution < -0.4 is 5.73 Å². The topological polar surface area (TPSA) is 95.4 Å². The summed E-state index contributed by atoms with van der Waals surface area (Å²) in [4.78, 5) is 26.2. The first kappa shape index (κ1) is 13.4. The quantitative estimate of drug-likeness (QED) is 0.671. The van der Waals surface area contributed by atoms with Crippen LogP contribution in [0.3, 0.4) is 0 Å². The number of carbonyl (C=O) groups excluding carboxylic acids is 2. The summed E-state index contributed by atoms with van der Waals surface area (Å²) in [5, 5.41) is 0.523. The van der Waals surface area contributed by atoms with Crippen LogP contribution in [-0.4, -0.2) is 23.5 Å². The van der Waals surface area contributed by atoms with Crippen molar-refractivity contribution in [1.82, 2.24) is 4.98 Å². The number of ketones is 1. The Balaban J connectivity index is 1.99. The molecule has 7 heteroatoms. The monoisotopic (exact) mass is 282 g/mol. The molecule has 19 heavy (non-hydrogen) atoms. The van der Waals surface area contributed by atoms with Gasteiger partial charge in [-0.05, 0) is 24.6 Å². The van der Waals surface area contributed by atoms with Gasteiger partial charge in [0, 0.05) is 11.4 Å². The van der Waals surface area contributed by atoms with E-state index in [0.29, 0.717) is 22.5 Å². The zero-order valence-electron chi connectivity index (χ0n) is 9.89. The molecule has 0 spiro atoms. The fourth-order valence-corrected chi connectivity index (χ4v) is 1.70. The summed E-state index contributed by atoms with van der Waals surface area (Å²) in [5.41, 5.74) is 5.83. The first-order valence-corrected chi connectivity index (χ1v) is 5.95.